The smallest absolute Gasteiger partial charge is 0.264 e. The van der Waals surface area contributed by atoms with E-state index in [1.165, 1.54) is 4.31 Å². The van der Waals surface area contributed by atoms with E-state index < -0.39 is 16.1 Å². The van der Waals surface area contributed by atoms with E-state index in [0.717, 1.165) is 24.8 Å². The van der Waals surface area contributed by atoms with Crippen molar-refractivity contribution in [2.45, 2.75) is 63.4 Å². The molecule has 0 saturated carbocycles. The highest BCUT2D eigenvalue weighted by molar-refractivity contribution is 7.92. The van der Waals surface area contributed by atoms with Crippen LogP contribution in [-0.4, -0.2) is 33.5 Å². The number of hydrogen-bond acceptors (Lipinski definition) is 4. The molecule has 0 unspecified atom stereocenters. The first-order valence-corrected chi connectivity index (χ1v) is 12.3. The summed E-state index contributed by atoms with van der Waals surface area (Å²) >= 11 is 0. The number of carbonyl (C=O) groups is 1. The molecule has 0 radical (unpaired) electrons. The van der Waals surface area contributed by atoms with Crippen LogP contribution in [0.1, 0.15) is 52.5 Å². The fourth-order valence-electron chi connectivity index (χ4n) is 3.50. The molecule has 168 valence electrons. The van der Waals surface area contributed by atoms with E-state index in [1.54, 1.807) is 36.4 Å². The molecule has 0 saturated heterocycles. The van der Waals surface area contributed by atoms with Gasteiger partial charge < -0.3 is 10.1 Å². The number of amides is 1. The van der Waals surface area contributed by atoms with Crippen molar-refractivity contribution >= 4 is 21.6 Å². The van der Waals surface area contributed by atoms with E-state index in [4.69, 9.17) is 4.74 Å². The second-order valence-corrected chi connectivity index (χ2v) is 10.7. The van der Waals surface area contributed by atoms with Crippen LogP contribution < -0.4 is 14.4 Å². The van der Waals surface area contributed by atoms with E-state index in [-0.39, 0.29) is 22.8 Å². The highest BCUT2D eigenvalue weighted by atomic mass is 32.2. The Morgan fingerprint density at radius 3 is 2.48 bits per heavy atom. The lowest BCUT2D eigenvalue weighted by atomic mass is 9.86. The van der Waals surface area contributed by atoms with E-state index in [9.17, 15) is 13.2 Å². The van der Waals surface area contributed by atoms with Crippen molar-refractivity contribution in [2.24, 2.45) is 0 Å². The van der Waals surface area contributed by atoms with Crippen LogP contribution in [0.25, 0.3) is 0 Å². The lowest BCUT2D eigenvalue weighted by molar-refractivity contribution is -0.127. The number of nitrogens with one attached hydrogen (secondary N) is 1. The summed E-state index contributed by atoms with van der Waals surface area (Å²) in [7, 11) is -3.86. The highest BCUT2D eigenvalue weighted by Gasteiger charge is 2.38. The number of hydrogen-bond donors (Lipinski definition) is 1. The molecule has 1 heterocycles. The number of ether oxygens (including phenoxy) is 1. The molecule has 1 amide bonds. The van der Waals surface area contributed by atoms with Crippen LogP contribution in [0.15, 0.2) is 53.4 Å². The molecule has 0 bridgehead atoms. The van der Waals surface area contributed by atoms with E-state index in [1.807, 2.05) is 12.1 Å². The topological polar surface area (TPSA) is 75.7 Å². The van der Waals surface area contributed by atoms with Gasteiger partial charge in [0.15, 0.2) is 6.10 Å². The fourth-order valence-corrected chi connectivity index (χ4v) is 4.99. The van der Waals surface area contributed by atoms with Gasteiger partial charge in [0.05, 0.1) is 17.1 Å². The SMILES string of the molecule is CCCCCNC(=O)[C@@H]1CN(S(=O)(=O)c2ccccc2)c2cc(C(C)(C)C)ccc2O1. The summed E-state index contributed by atoms with van der Waals surface area (Å²) in [6.45, 7) is 8.79. The van der Waals surface area contributed by atoms with Crippen molar-refractivity contribution in [2.75, 3.05) is 17.4 Å². The predicted molar refractivity (Wildman–Crippen MR) is 123 cm³/mol. The molecule has 6 nitrogen and oxygen atoms in total. The Morgan fingerprint density at radius 1 is 1.13 bits per heavy atom. The summed E-state index contributed by atoms with van der Waals surface area (Å²) in [5, 5.41) is 2.88. The zero-order valence-corrected chi connectivity index (χ0v) is 19.5. The van der Waals surface area contributed by atoms with Crippen LogP contribution >= 0.6 is 0 Å². The van der Waals surface area contributed by atoms with Gasteiger partial charge >= 0.3 is 0 Å². The van der Waals surface area contributed by atoms with Gasteiger partial charge in [0, 0.05) is 6.54 Å². The normalized spacial score (nSPS) is 16.4. The molecule has 0 fully saturated rings. The van der Waals surface area contributed by atoms with Crippen LogP contribution in [-0.2, 0) is 20.2 Å². The predicted octanol–water partition coefficient (Wildman–Crippen LogP) is 4.25. The first kappa shape index (κ1) is 23.1. The Kier molecular flexibility index (Phi) is 6.94. The summed E-state index contributed by atoms with van der Waals surface area (Å²) in [6.07, 6.45) is 2.06. The minimum atomic E-state index is -3.86. The third-order valence-electron chi connectivity index (χ3n) is 5.40. The summed E-state index contributed by atoms with van der Waals surface area (Å²) in [5.74, 6) is 0.0994. The quantitative estimate of drug-likeness (QED) is 0.648. The van der Waals surface area contributed by atoms with Crippen LogP contribution in [0.3, 0.4) is 0 Å². The molecule has 0 aromatic heterocycles. The maximum atomic E-state index is 13.5. The number of sulfonamides is 1. The Morgan fingerprint density at radius 2 is 1.84 bits per heavy atom. The van der Waals surface area contributed by atoms with E-state index >= 15 is 0 Å². The first-order valence-electron chi connectivity index (χ1n) is 10.8. The van der Waals surface area contributed by atoms with Crippen molar-refractivity contribution < 1.29 is 17.9 Å². The maximum absolute atomic E-state index is 13.5. The largest absolute Gasteiger partial charge is 0.476 e. The monoisotopic (exact) mass is 444 g/mol. The lowest BCUT2D eigenvalue weighted by Crippen LogP contribution is -2.50. The molecule has 0 aliphatic carbocycles. The maximum Gasteiger partial charge on any atom is 0.264 e. The molecule has 2 aromatic carbocycles. The van der Waals surface area contributed by atoms with Crippen LogP contribution in [0.4, 0.5) is 5.69 Å². The van der Waals surface area contributed by atoms with Crippen LogP contribution in [0, 0.1) is 0 Å². The average molecular weight is 445 g/mol. The minimum absolute atomic E-state index is 0.0720. The van der Waals surface area contributed by atoms with Crippen molar-refractivity contribution in [3.05, 3.63) is 54.1 Å². The number of benzene rings is 2. The third-order valence-corrected chi connectivity index (χ3v) is 7.19. The third kappa shape index (κ3) is 5.21. The average Bonchev–Trinajstić information content (AvgIpc) is 2.75. The first-order chi connectivity index (χ1) is 14.6. The van der Waals surface area contributed by atoms with Gasteiger partial charge in [0.1, 0.15) is 5.75 Å². The van der Waals surface area contributed by atoms with E-state index in [0.29, 0.717) is 18.0 Å². The van der Waals surface area contributed by atoms with Gasteiger partial charge in [-0.3, -0.25) is 9.10 Å². The zero-order valence-electron chi connectivity index (χ0n) is 18.7. The van der Waals surface area contributed by atoms with Crippen molar-refractivity contribution in [1.82, 2.24) is 5.32 Å². The van der Waals surface area contributed by atoms with Gasteiger partial charge in [-0.1, -0.05) is 64.8 Å². The van der Waals surface area contributed by atoms with Gasteiger partial charge in [-0.2, -0.15) is 0 Å². The Balaban J connectivity index is 1.98. The number of nitrogens with zero attached hydrogens (tertiary/aromatic N) is 1. The van der Waals surface area contributed by atoms with Crippen molar-refractivity contribution in [1.29, 1.82) is 0 Å². The number of rotatable bonds is 7. The molecule has 1 atom stereocenters. The second kappa shape index (κ2) is 9.30. The van der Waals surface area contributed by atoms with Gasteiger partial charge in [-0.05, 0) is 41.7 Å². The highest BCUT2D eigenvalue weighted by Crippen LogP contribution is 2.40. The molecule has 2 aromatic rings. The number of carbonyl (C=O) groups excluding carboxylic acids is 1. The molecule has 3 rings (SSSR count). The summed E-state index contributed by atoms with van der Waals surface area (Å²) in [6, 6.07) is 13.8. The molecule has 1 aliphatic rings. The standard InChI is InChI=1S/C24H32N2O4S/c1-5-6-10-15-25-23(27)22-17-26(31(28,29)19-11-8-7-9-12-19)20-16-18(24(2,3)4)13-14-21(20)30-22/h7-9,11-14,16,22H,5-6,10,15,17H2,1-4H3,(H,25,27)/t22-/m0/s1. The fraction of sp³-hybridized carbons (Fsp3) is 0.458. The van der Waals surface area contributed by atoms with Crippen LogP contribution in [0.2, 0.25) is 0 Å². The zero-order chi connectivity index (χ0) is 22.6. The molecule has 7 heteroatoms. The number of unbranched alkanes of at least 4 members (excludes halogenated alkanes) is 2. The minimum Gasteiger partial charge on any atom is -0.476 e. The molecule has 1 aliphatic heterocycles. The molecule has 31 heavy (non-hydrogen) atoms. The molecule has 1 N–H and O–H groups in total. The summed E-state index contributed by atoms with van der Waals surface area (Å²) in [5.41, 5.74) is 1.29. The van der Waals surface area contributed by atoms with Crippen molar-refractivity contribution in [3.63, 3.8) is 0 Å². The number of anilines is 1. The second-order valence-electron chi connectivity index (χ2n) is 8.89. The Bertz CT molecular complexity index is 1010. The lowest BCUT2D eigenvalue weighted by Gasteiger charge is -2.36. The summed E-state index contributed by atoms with van der Waals surface area (Å²) in [4.78, 5) is 12.9. The summed E-state index contributed by atoms with van der Waals surface area (Å²) < 4.78 is 34.3. The molecular formula is C24H32N2O4S. The van der Waals surface area contributed by atoms with Crippen molar-refractivity contribution in [3.8, 4) is 5.75 Å². The van der Waals surface area contributed by atoms with E-state index in [2.05, 4.69) is 33.0 Å². The van der Waals surface area contributed by atoms with Gasteiger partial charge in [-0.15, -0.1) is 0 Å². The van der Waals surface area contributed by atoms with Gasteiger partial charge in [0.25, 0.3) is 15.9 Å². The molecular weight excluding hydrogens is 412 g/mol. The number of fused-ring (bicyclic) bond motifs is 1. The van der Waals surface area contributed by atoms with Gasteiger partial charge in [0.2, 0.25) is 0 Å². The molecule has 0 spiro atoms. The van der Waals surface area contributed by atoms with Crippen LogP contribution in [0.5, 0.6) is 5.75 Å². The van der Waals surface area contributed by atoms with Gasteiger partial charge in [-0.25, -0.2) is 8.42 Å². The Hall–Kier alpha value is -2.54. The Labute approximate surface area is 185 Å².